The quantitative estimate of drug-likeness (QED) is 0.506. The van der Waals surface area contributed by atoms with Crippen molar-refractivity contribution >= 4 is 33.4 Å². The first-order valence-corrected chi connectivity index (χ1v) is 7.37. The van der Waals surface area contributed by atoms with Gasteiger partial charge in [0.1, 0.15) is 5.82 Å². The van der Waals surface area contributed by atoms with Gasteiger partial charge in [0.05, 0.1) is 21.0 Å². The maximum atomic E-state index is 13.5. The van der Waals surface area contributed by atoms with E-state index in [0.717, 1.165) is 11.0 Å². The minimum absolute atomic E-state index is 0.00223. The van der Waals surface area contributed by atoms with Crippen LogP contribution in [0.15, 0.2) is 16.6 Å². The van der Waals surface area contributed by atoms with Crippen molar-refractivity contribution in [3.63, 3.8) is 0 Å². The zero-order chi connectivity index (χ0) is 15.8. The molecule has 8 heteroatoms. The van der Waals surface area contributed by atoms with E-state index in [4.69, 9.17) is 11.6 Å². The number of nitrogens with zero attached hydrogens (tertiary/aromatic N) is 1. The van der Waals surface area contributed by atoms with Gasteiger partial charge in [-0.15, -0.1) is 0 Å². The van der Waals surface area contributed by atoms with Gasteiger partial charge in [-0.05, 0) is 40.9 Å². The largest absolute Gasteiger partial charge is 0.393 e. The minimum atomic E-state index is -4.34. The molecule has 1 aliphatic heterocycles. The van der Waals surface area contributed by atoms with Gasteiger partial charge in [-0.1, -0.05) is 11.6 Å². The number of rotatable bonds is 1. The summed E-state index contributed by atoms with van der Waals surface area (Å²) in [5.41, 5.74) is -0.125. The maximum absolute atomic E-state index is 13.5. The molecule has 116 valence electrons. The van der Waals surface area contributed by atoms with Crippen LogP contribution in [-0.4, -0.2) is 30.1 Å². The second-order valence-corrected chi connectivity index (χ2v) is 6.14. The molecule has 2 rings (SSSR count). The van der Waals surface area contributed by atoms with Gasteiger partial charge >= 0.3 is 6.18 Å². The lowest BCUT2D eigenvalue weighted by Crippen LogP contribution is -2.44. The van der Waals surface area contributed by atoms with E-state index in [1.807, 2.05) is 0 Å². The highest BCUT2D eigenvalue weighted by atomic mass is 79.9. The summed E-state index contributed by atoms with van der Waals surface area (Å²) >= 11 is 8.80. The highest BCUT2D eigenvalue weighted by molar-refractivity contribution is 9.10. The van der Waals surface area contributed by atoms with Gasteiger partial charge in [0.15, 0.2) is 0 Å². The third-order valence-corrected chi connectivity index (χ3v) is 4.33. The molecule has 1 heterocycles. The lowest BCUT2D eigenvalue weighted by Gasteiger charge is -2.34. The van der Waals surface area contributed by atoms with E-state index in [2.05, 4.69) is 15.9 Å². The highest BCUT2D eigenvalue weighted by Crippen LogP contribution is 2.34. The van der Waals surface area contributed by atoms with Crippen molar-refractivity contribution in [3.8, 4) is 0 Å². The van der Waals surface area contributed by atoms with Crippen LogP contribution >= 0.6 is 27.5 Å². The molecule has 2 nitrogen and oxygen atoms in total. The molecule has 1 fully saturated rings. The number of benzene rings is 1. The predicted octanol–water partition coefficient (Wildman–Crippen LogP) is 4.66. The van der Waals surface area contributed by atoms with Gasteiger partial charge in [-0.3, -0.25) is 4.79 Å². The van der Waals surface area contributed by atoms with Crippen LogP contribution in [0.4, 0.5) is 17.6 Å². The van der Waals surface area contributed by atoms with E-state index >= 15 is 0 Å². The summed E-state index contributed by atoms with van der Waals surface area (Å²) in [6.45, 7) is -0.213. The van der Waals surface area contributed by atoms with Crippen molar-refractivity contribution in [2.24, 2.45) is 5.92 Å². The molecule has 1 aromatic rings. The van der Waals surface area contributed by atoms with E-state index < -0.39 is 30.4 Å². The lowest BCUT2D eigenvalue weighted by atomic mass is 9.97. The normalized spacial score (nSPS) is 19.7. The lowest BCUT2D eigenvalue weighted by molar-refractivity contribution is -0.184. The van der Waals surface area contributed by atoms with Gasteiger partial charge in [0.25, 0.3) is 5.91 Å². The Balaban J connectivity index is 2.22. The molecule has 0 bridgehead atoms. The van der Waals surface area contributed by atoms with E-state index in [1.54, 1.807) is 0 Å². The zero-order valence-electron chi connectivity index (χ0n) is 10.7. The van der Waals surface area contributed by atoms with Crippen LogP contribution in [0.5, 0.6) is 0 Å². The maximum Gasteiger partial charge on any atom is 0.393 e. The second-order valence-electron chi connectivity index (χ2n) is 4.88. The molecule has 21 heavy (non-hydrogen) atoms. The Bertz CT molecular complexity index is 564. The monoisotopic (exact) mass is 387 g/mol. The number of likely N-dealkylation sites (tertiary alicyclic amines) is 1. The number of hydrogen-bond donors (Lipinski definition) is 0. The van der Waals surface area contributed by atoms with Crippen LogP contribution in [0.25, 0.3) is 0 Å². The van der Waals surface area contributed by atoms with Crippen molar-refractivity contribution in [1.82, 2.24) is 4.90 Å². The third-order valence-electron chi connectivity index (χ3n) is 3.41. The first kappa shape index (κ1) is 16.5. The fourth-order valence-electron chi connectivity index (χ4n) is 2.29. The second kappa shape index (κ2) is 6.12. The third kappa shape index (κ3) is 3.69. The van der Waals surface area contributed by atoms with Crippen LogP contribution in [0, 0.1) is 11.7 Å². The Hall–Kier alpha value is -0.820. The van der Waals surface area contributed by atoms with E-state index in [9.17, 15) is 22.4 Å². The van der Waals surface area contributed by atoms with Crippen LogP contribution in [0.2, 0.25) is 5.02 Å². The Kier molecular flexibility index (Phi) is 4.82. The summed E-state index contributed by atoms with van der Waals surface area (Å²) in [5.74, 6) is -2.92. The van der Waals surface area contributed by atoms with Crippen molar-refractivity contribution in [3.05, 3.63) is 33.0 Å². The van der Waals surface area contributed by atoms with Crippen LogP contribution in [0.3, 0.4) is 0 Å². The van der Waals surface area contributed by atoms with E-state index in [0.29, 0.717) is 0 Å². The molecule has 1 atom stereocenters. The van der Waals surface area contributed by atoms with Gasteiger partial charge < -0.3 is 4.90 Å². The highest BCUT2D eigenvalue weighted by Gasteiger charge is 2.42. The van der Waals surface area contributed by atoms with Crippen molar-refractivity contribution in [2.45, 2.75) is 19.0 Å². The number of alkyl halides is 3. The summed E-state index contributed by atoms with van der Waals surface area (Å²) in [6.07, 6.45) is -4.09. The Morgan fingerprint density at radius 1 is 1.38 bits per heavy atom. The summed E-state index contributed by atoms with van der Waals surface area (Å²) < 4.78 is 51.8. The number of hydrogen-bond acceptors (Lipinski definition) is 1. The van der Waals surface area contributed by atoms with E-state index in [-0.39, 0.29) is 34.4 Å². The van der Waals surface area contributed by atoms with Crippen molar-refractivity contribution in [2.75, 3.05) is 13.1 Å². The summed E-state index contributed by atoms with van der Waals surface area (Å²) in [6, 6.07) is 2.15. The predicted molar refractivity (Wildman–Crippen MR) is 73.8 cm³/mol. The molecular weight excluding hydrogens is 377 g/mol. The number of halogens is 6. The summed E-state index contributed by atoms with van der Waals surface area (Å²) in [4.78, 5) is 13.3. The first-order valence-electron chi connectivity index (χ1n) is 6.20. The topological polar surface area (TPSA) is 20.3 Å². The molecule has 1 amide bonds. The number of carbonyl (C=O) groups excluding carboxylic acids is 1. The molecule has 1 aromatic carbocycles. The molecule has 0 aromatic heterocycles. The smallest absolute Gasteiger partial charge is 0.338 e. The summed E-state index contributed by atoms with van der Waals surface area (Å²) in [5, 5.41) is 0.00223. The zero-order valence-corrected chi connectivity index (χ0v) is 13.0. The fourth-order valence-corrected chi connectivity index (χ4v) is 3.01. The van der Waals surface area contributed by atoms with Gasteiger partial charge in [0.2, 0.25) is 0 Å². The molecule has 1 aliphatic rings. The van der Waals surface area contributed by atoms with Crippen LogP contribution < -0.4 is 0 Å². The van der Waals surface area contributed by atoms with Crippen LogP contribution in [-0.2, 0) is 0 Å². The molecule has 0 saturated carbocycles. The van der Waals surface area contributed by atoms with Gasteiger partial charge in [-0.2, -0.15) is 13.2 Å². The molecule has 1 saturated heterocycles. The standard InChI is InChI=1S/C13H11BrClF4NO/c14-9-5-10(15)8(4-11(9)16)12(21)20-3-1-2-7(6-20)13(17,18)19/h4-5,7H,1-3,6H2. The molecule has 1 unspecified atom stereocenters. The average molecular weight is 389 g/mol. The average Bonchev–Trinajstić information content (AvgIpc) is 2.41. The van der Waals surface area contributed by atoms with Crippen molar-refractivity contribution < 1.29 is 22.4 Å². The Labute approximate surface area is 132 Å². The number of amides is 1. The Morgan fingerprint density at radius 3 is 2.67 bits per heavy atom. The van der Waals surface area contributed by atoms with Crippen molar-refractivity contribution in [1.29, 1.82) is 0 Å². The fraction of sp³-hybridized carbons (Fsp3) is 0.462. The minimum Gasteiger partial charge on any atom is -0.338 e. The molecule has 0 spiro atoms. The number of piperidine rings is 1. The van der Waals surface area contributed by atoms with E-state index in [1.165, 1.54) is 6.07 Å². The molecule has 0 aliphatic carbocycles. The van der Waals surface area contributed by atoms with Crippen LogP contribution in [0.1, 0.15) is 23.2 Å². The molecule has 0 radical (unpaired) electrons. The number of carbonyl (C=O) groups is 1. The Morgan fingerprint density at radius 2 is 2.05 bits per heavy atom. The SMILES string of the molecule is O=C(c1cc(F)c(Br)cc1Cl)N1CCCC(C(F)(F)F)C1. The molecule has 0 N–H and O–H groups in total. The first-order chi connectivity index (χ1) is 9.70. The van der Waals surface area contributed by atoms with Gasteiger partial charge in [-0.25, -0.2) is 4.39 Å². The summed E-state index contributed by atoms with van der Waals surface area (Å²) in [7, 11) is 0. The van der Waals surface area contributed by atoms with Gasteiger partial charge in [0, 0.05) is 13.1 Å². The molecular formula is C13H11BrClF4NO.